The van der Waals surface area contributed by atoms with E-state index in [2.05, 4.69) is 0 Å². The van der Waals surface area contributed by atoms with Gasteiger partial charge in [0, 0.05) is 37.3 Å². The predicted octanol–water partition coefficient (Wildman–Crippen LogP) is 4.84. The number of fused-ring (bicyclic) bond motifs is 1. The molecule has 5 rings (SSSR count). The van der Waals surface area contributed by atoms with Gasteiger partial charge in [-0.15, -0.1) is 0 Å². The molecule has 2 atom stereocenters. The van der Waals surface area contributed by atoms with Crippen molar-refractivity contribution in [1.29, 1.82) is 0 Å². The molecule has 0 aromatic heterocycles. The van der Waals surface area contributed by atoms with E-state index in [9.17, 15) is 14.4 Å². The number of likely N-dealkylation sites (tertiary alicyclic amines) is 2. The van der Waals surface area contributed by atoms with Gasteiger partial charge in [0.15, 0.2) is 0 Å². The average Bonchev–Trinajstić information content (AvgIpc) is 3.61. The predicted molar refractivity (Wildman–Crippen MR) is 134 cm³/mol. The van der Waals surface area contributed by atoms with Gasteiger partial charge < -0.3 is 14.5 Å². The molecule has 0 bridgehead atoms. The fourth-order valence-corrected chi connectivity index (χ4v) is 6.13. The van der Waals surface area contributed by atoms with Crippen LogP contribution in [-0.4, -0.2) is 66.5 Å². The molecule has 0 N–H and O–H groups in total. The van der Waals surface area contributed by atoms with Crippen molar-refractivity contribution in [2.45, 2.75) is 45.2 Å². The zero-order chi connectivity index (χ0) is 27.3. The lowest BCUT2D eigenvalue weighted by Gasteiger charge is -2.36. The van der Waals surface area contributed by atoms with Crippen LogP contribution in [0.5, 0.6) is 0 Å². The lowest BCUT2D eigenvalue weighted by atomic mass is 9.67. The molecule has 202 valence electrons. The molecule has 2 amide bonds. The second-order valence-corrected chi connectivity index (χ2v) is 10.6. The van der Waals surface area contributed by atoms with E-state index in [4.69, 9.17) is 4.74 Å². The van der Waals surface area contributed by atoms with Gasteiger partial charge in [-0.1, -0.05) is 37.3 Å². The number of amides is 2. The highest BCUT2D eigenvalue weighted by molar-refractivity contribution is 5.98. The Hall–Kier alpha value is -3.36. The maximum atomic E-state index is 15.1. The summed E-state index contributed by atoms with van der Waals surface area (Å²) in [6, 6.07) is 13.7. The Kier molecular flexibility index (Phi) is 6.52. The minimum Gasteiger partial charge on any atom is -0.465 e. The lowest BCUT2D eigenvalue weighted by Crippen LogP contribution is -2.55. The summed E-state index contributed by atoms with van der Waals surface area (Å²) in [6.07, 6.45) is -2.25. The van der Waals surface area contributed by atoms with Gasteiger partial charge in [-0.2, -0.15) is 13.2 Å². The van der Waals surface area contributed by atoms with Gasteiger partial charge in [0.25, 0.3) is 11.8 Å². The van der Waals surface area contributed by atoms with Crippen LogP contribution in [-0.2, 0) is 16.0 Å². The van der Waals surface area contributed by atoms with E-state index in [1.807, 2.05) is 19.1 Å². The number of halogens is 3. The van der Waals surface area contributed by atoms with E-state index in [1.54, 1.807) is 36.4 Å². The third kappa shape index (κ3) is 4.07. The topological polar surface area (TPSA) is 66.9 Å². The fourth-order valence-electron chi connectivity index (χ4n) is 6.13. The van der Waals surface area contributed by atoms with Crippen molar-refractivity contribution in [3.05, 3.63) is 70.8 Å². The van der Waals surface area contributed by atoms with E-state index in [0.29, 0.717) is 5.56 Å². The molecule has 38 heavy (non-hydrogen) atoms. The van der Waals surface area contributed by atoms with Crippen LogP contribution < -0.4 is 0 Å². The second-order valence-electron chi connectivity index (χ2n) is 10.6. The van der Waals surface area contributed by atoms with Crippen LogP contribution in [0.3, 0.4) is 0 Å². The number of nitrogens with zero attached hydrogens (tertiary/aromatic N) is 2. The molecule has 1 aliphatic carbocycles. The first-order valence-electron chi connectivity index (χ1n) is 13.1. The quantitative estimate of drug-likeness (QED) is 0.504. The molecule has 2 aliphatic heterocycles. The summed E-state index contributed by atoms with van der Waals surface area (Å²) in [5.41, 5.74) is -2.32. The summed E-state index contributed by atoms with van der Waals surface area (Å²) < 4.78 is 50.4. The number of hydrogen-bond acceptors (Lipinski definition) is 4. The molecular weight excluding hydrogens is 497 g/mol. The SMILES string of the molecule is CCOC(=O)C12CN(C(=O)c3ccc(CC)cc3)CC1(C(F)(F)F)CN(C(=O)c1ccccc1C1CC1)C2. The number of esters is 1. The monoisotopic (exact) mass is 528 g/mol. The third-order valence-corrected chi connectivity index (χ3v) is 8.36. The van der Waals surface area contributed by atoms with Gasteiger partial charge in [-0.25, -0.2) is 0 Å². The zero-order valence-corrected chi connectivity index (χ0v) is 21.5. The molecule has 3 aliphatic rings. The highest BCUT2D eigenvalue weighted by Gasteiger charge is 2.79. The maximum absolute atomic E-state index is 15.1. The van der Waals surface area contributed by atoms with Crippen LogP contribution in [0, 0.1) is 10.8 Å². The molecule has 3 fully saturated rings. The molecule has 0 radical (unpaired) electrons. The number of hydrogen-bond donors (Lipinski definition) is 0. The molecule has 9 heteroatoms. The summed E-state index contributed by atoms with van der Waals surface area (Å²) in [5, 5.41) is 0. The van der Waals surface area contributed by atoms with E-state index in [0.717, 1.165) is 40.2 Å². The Balaban J connectivity index is 1.52. The maximum Gasteiger partial charge on any atom is 0.399 e. The number of carbonyl (C=O) groups excluding carboxylic acids is 3. The fraction of sp³-hybridized carbons (Fsp3) is 0.483. The van der Waals surface area contributed by atoms with Gasteiger partial charge in [-0.05, 0) is 61.4 Å². The normalized spacial score (nSPS) is 24.9. The van der Waals surface area contributed by atoms with Crippen LogP contribution >= 0.6 is 0 Å². The second kappa shape index (κ2) is 9.43. The van der Waals surface area contributed by atoms with Crippen LogP contribution in [0.1, 0.15) is 64.4 Å². The van der Waals surface area contributed by atoms with Gasteiger partial charge in [-0.3, -0.25) is 14.4 Å². The standard InChI is InChI=1S/C29H31F3N2O4/c1-3-19-9-11-21(12-10-19)24(35)33-15-27(26(37)38-4-2)16-34(18-28(27,17-33)29(30,31)32)25(36)23-8-6-5-7-22(23)20-13-14-20/h5-12,20H,3-4,13-18H2,1-2H3. The molecule has 0 spiro atoms. The van der Waals surface area contributed by atoms with Gasteiger partial charge in [0.05, 0.1) is 6.61 Å². The van der Waals surface area contributed by atoms with Crippen molar-refractivity contribution in [3.63, 3.8) is 0 Å². The molecule has 2 aromatic rings. The first-order valence-corrected chi connectivity index (χ1v) is 13.1. The van der Waals surface area contributed by atoms with Crippen LogP contribution in [0.15, 0.2) is 48.5 Å². The van der Waals surface area contributed by atoms with Crippen molar-refractivity contribution >= 4 is 17.8 Å². The van der Waals surface area contributed by atoms with E-state index < -0.39 is 61.0 Å². The molecule has 2 aromatic carbocycles. The Labute approximate surface area is 219 Å². The van der Waals surface area contributed by atoms with Crippen molar-refractivity contribution in [3.8, 4) is 0 Å². The Morgan fingerprint density at radius 1 is 0.895 bits per heavy atom. The zero-order valence-electron chi connectivity index (χ0n) is 21.5. The number of ether oxygens (including phenoxy) is 1. The number of rotatable bonds is 6. The summed E-state index contributed by atoms with van der Waals surface area (Å²) in [7, 11) is 0. The van der Waals surface area contributed by atoms with E-state index in [1.165, 1.54) is 6.92 Å². The van der Waals surface area contributed by atoms with Crippen molar-refractivity contribution in [1.82, 2.24) is 9.80 Å². The Morgan fingerprint density at radius 2 is 1.50 bits per heavy atom. The highest BCUT2D eigenvalue weighted by atomic mass is 19.4. The summed E-state index contributed by atoms with van der Waals surface area (Å²) in [4.78, 5) is 42.6. The number of carbonyl (C=O) groups is 3. The molecule has 1 saturated carbocycles. The number of benzene rings is 2. The third-order valence-electron chi connectivity index (χ3n) is 8.36. The Morgan fingerprint density at radius 3 is 2.05 bits per heavy atom. The van der Waals surface area contributed by atoms with E-state index >= 15 is 13.2 Å². The van der Waals surface area contributed by atoms with Crippen LogP contribution in [0.2, 0.25) is 0 Å². The average molecular weight is 529 g/mol. The molecular formula is C29H31F3N2O4. The first kappa shape index (κ1) is 26.3. The highest BCUT2D eigenvalue weighted by Crippen LogP contribution is 2.61. The summed E-state index contributed by atoms with van der Waals surface area (Å²) >= 11 is 0. The summed E-state index contributed by atoms with van der Waals surface area (Å²) in [5.74, 6) is -1.91. The number of aryl methyl sites for hydroxylation is 1. The van der Waals surface area contributed by atoms with Gasteiger partial charge in [0.2, 0.25) is 0 Å². The van der Waals surface area contributed by atoms with Crippen molar-refractivity contribution in [2.24, 2.45) is 10.8 Å². The molecule has 2 unspecified atom stereocenters. The van der Waals surface area contributed by atoms with Gasteiger partial charge >= 0.3 is 12.1 Å². The number of alkyl halides is 3. The smallest absolute Gasteiger partial charge is 0.399 e. The van der Waals surface area contributed by atoms with Crippen molar-refractivity contribution < 1.29 is 32.3 Å². The van der Waals surface area contributed by atoms with Crippen molar-refractivity contribution in [2.75, 3.05) is 32.8 Å². The van der Waals surface area contributed by atoms with Gasteiger partial charge in [0.1, 0.15) is 10.8 Å². The lowest BCUT2D eigenvalue weighted by molar-refractivity contribution is -0.241. The van der Waals surface area contributed by atoms with Crippen LogP contribution in [0.25, 0.3) is 0 Å². The largest absolute Gasteiger partial charge is 0.465 e. The first-order chi connectivity index (χ1) is 18.1. The minimum absolute atomic E-state index is 0.112. The molecule has 2 heterocycles. The molecule has 6 nitrogen and oxygen atoms in total. The minimum atomic E-state index is -4.87. The summed E-state index contributed by atoms with van der Waals surface area (Å²) in [6.45, 7) is 0.990. The van der Waals surface area contributed by atoms with Crippen LogP contribution in [0.4, 0.5) is 13.2 Å². The Bertz CT molecular complexity index is 1260. The molecule has 2 saturated heterocycles. The van der Waals surface area contributed by atoms with E-state index in [-0.39, 0.29) is 18.1 Å².